The number of benzene rings is 1. The minimum Gasteiger partial charge on any atom is -0.228 e. The molecular formula is C13H11N3OS. The van der Waals surface area contributed by atoms with E-state index in [0.29, 0.717) is 10.8 Å². The van der Waals surface area contributed by atoms with E-state index in [9.17, 15) is 4.79 Å². The molecule has 0 radical (unpaired) electrons. The van der Waals surface area contributed by atoms with Crippen molar-refractivity contribution in [2.24, 2.45) is 4.99 Å². The van der Waals surface area contributed by atoms with Crippen molar-refractivity contribution in [3.05, 3.63) is 41.7 Å². The Labute approximate surface area is 109 Å². The number of hydrogen-bond acceptors (Lipinski definition) is 5. The van der Waals surface area contributed by atoms with Crippen molar-refractivity contribution in [2.75, 3.05) is 0 Å². The van der Waals surface area contributed by atoms with Gasteiger partial charge in [0.15, 0.2) is 5.16 Å². The normalized spacial score (nSPS) is 9.89. The minimum absolute atomic E-state index is 0.583. The van der Waals surface area contributed by atoms with Crippen molar-refractivity contribution in [1.82, 2.24) is 9.97 Å². The minimum atomic E-state index is 0.583. The molecule has 0 saturated carbocycles. The van der Waals surface area contributed by atoms with Gasteiger partial charge in [0.05, 0.1) is 5.69 Å². The lowest BCUT2D eigenvalue weighted by molar-refractivity contribution is 0.565. The first-order valence-electron chi connectivity index (χ1n) is 5.35. The van der Waals surface area contributed by atoms with Crippen LogP contribution in [0.25, 0.3) is 0 Å². The van der Waals surface area contributed by atoms with Crippen LogP contribution in [-0.2, 0) is 4.79 Å². The molecule has 0 fully saturated rings. The molecule has 0 bridgehead atoms. The van der Waals surface area contributed by atoms with Crippen LogP contribution in [-0.4, -0.2) is 16.0 Å². The van der Waals surface area contributed by atoms with Gasteiger partial charge in [0.1, 0.15) is 0 Å². The van der Waals surface area contributed by atoms with E-state index in [4.69, 9.17) is 0 Å². The first-order chi connectivity index (χ1) is 8.67. The third kappa shape index (κ3) is 3.26. The van der Waals surface area contributed by atoms with Gasteiger partial charge in [-0.05, 0) is 49.9 Å². The Kier molecular flexibility index (Phi) is 3.87. The topological polar surface area (TPSA) is 55.2 Å². The van der Waals surface area contributed by atoms with Crippen molar-refractivity contribution in [3.63, 3.8) is 0 Å². The maximum Gasteiger partial charge on any atom is 0.240 e. The zero-order valence-corrected chi connectivity index (χ0v) is 10.9. The number of nitrogens with zero attached hydrogens (tertiary/aromatic N) is 3. The summed E-state index contributed by atoms with van der Waals surface area (Å²) >= 11 is 1.44. The molecule has 2 rings (SSSR count). The molecule has 0 spiro atoms. The van der Waals surface area contributed by atoms with Crippen LogP contribution in [0, 0.1) is 13.8 Å². The second-order valence-electron chi connectivity index (χ2n) is 3.74. The lowest BCUT2D eigenvalue weighted by Crippen LogP contribution is -1.92. The van der Waals surface area contributed by atoms with Gasteiger partial charge in [-0.3, -0.25) is 0 Å². The van der Waals surface area contributed by atoms with E-state index >= 15 is 0 Å². The average Bonchev–Trinajstić information content (AvgIpc) is 2.28. The number of aromatic nitrogens is 2. The molecule has 2 aromatic rings. The van der Waals surface area contributed by atoms with Gasteiger partial charge in [0.25, 0.3) is 0 Å². The molecule has 4 nitrogen and oxygen atoms in total. The first kappa shape index (κ1) is 12.5. The van der Waals surface area contributed by atoms with Crippen LogP contribution in [0.2, 0.25) is 0 Å². The van der Waals surface area contributed by atoms with Crippen molar-refractivity contribution >= 4 is 23.5 Å². The molecule has 0 N–H and O–H groups in total. The lowest BCUT2D eigenvalue weighted by Gasteiger charge is -2.03. The monoisotopic (exact) mass is 257 g/mol. The van der Waals surface area contributed by atoms with Gasteiger partial charge >= 0.3 is 0 Å². The highest BCUT2D eigenvalue weighted by molar-refractivity contribution is 7.99. The Bertz CT molecular complexity index is 601. The molecule has 0 saturated heterocycles. The molecule has 0 aliphatic heterocycles. The van der Waals surface area contributed by atoms with Gasteiger partial charge in [-0.15, -0.1) is 0 Å². The van der Waals surface area contributed by atoms with E-state index in [-0.39, 0.29) is 0 Å². The summed E-state index contributed by atoms with van der Waals surface area (Å²) in [6.45, 7) is 3.87. The predicted octanol–water partition coefficient (Wildman–Crippen LogP) is 3.21. The smallest absolute Gasteiger partial charge is 0.228 e. The van der Waals surface area contributed by atoms with Gasteiger partial charge in [-0.2, -0.15) is 4.99 Å². The maximum atomic E-state index is 10.2. The maximum absolute atomic E-state index is 10.2. The van der Waals surface area contributed by atoms with Crippen LogP contribution in [0.15, 0.2) is 45.4 Å². The fraction of sp³-hybridized carbons (Fsp3) is 0.154. The fourth-order valence-electron chi connectivity index (χ4n) is 1.51. The average molecular weight is 257 g/mol. The van der Waals surface area contributed by atoms with Crippen molar-refractivity contribution in [2.45, 2.75) is 23.9 Å². The Balaban J connectivity index is 2.27. The molecule has 90 valence electrons. The van der Waals surface area contributed by atoms with Crippen LogP contribution in [0.3, 0.4) is 0 Å². The van der Waals surface area contributed by atoms with Crippen molar-refractivity contribution < 1.29 is 4.79 Å². The summed E-state index contributed by atoms with van der Waals surface area (Å²) in [5, 5.41) is 0.694. The molecule has 0 aliphatic carbocycles. The highest BCUT2D eigenvalue weighted by Crippen LogP contribution is 2.27. The number of rotatable bonds is 3. The largest absolute Gasteiger partial charge is 0.240 e. The van der Waals surface area contributed by atoms with Crippen LogP contribution in [0.1, 0.15) is 11.4 Å². The van der Waals surface area contributed by atoms with Gasteiger partial charge in [0.2, 0.25) is 6.08 Å². The molecule has 0 aliphatic rings. The highest BCUT2D eigenvalue weighted by Gasteiger charge is 2.03. The van der Waals surface area contributed by atoms with Crippen molar-refractivity contribution in [1.29, 1.82) is 0 Å². The number of isocyanates is 1. The van der Waals surface area contributed by atoms with Crippen LogP contribution >= 0.6 is 11.8 Å². The van der Waals surface area contributed by atoms with Crippen molar-refractivity contribution in [3.8, 4) is 0 Å². The summed E-state index contributed by atoms with van der Waals surface area (Å²) in [7, 11) is 0. The Morgan fingerprint density at radius 2 is 1.89 bits per heavy atom. The molecule has 1 aromatic carbocycles. The summed E-state index contributed by atoms with van der Waals surface area (Å²) in [4.78, 5) is 23.4. The standard InChI is InChI=1S/C13H11N3OS/c1-9-6-10(2)16-13(15-9)18-12-5-3-4-11(7-12)14-8-17/h3-7H,1-2H3. The quantitative estimate of drug-likeness (QED) is 0.481. The molecule has 1 aromatic heterocycles. The zero-order valence-electron chi connectivity index (χ0n) is 10.0. The second-order valence-corrected chi connectivity index (χ2v) is 4.78. The van der Waals surface area contributed by atoms with Gasteiger partial charge in [-0.1, -0.05) is 6.07 Å². The molecule has 1 heterocycles. The number of hydrogen-bond donors (Lipinski definition) is 0. The van der Waals surface area contributed by atoms with Gasteiger partial charge in [-0.25, -0.2) is 14.8 Å². The van der Waals surface area contributed by atoms with E-state index in [1.165, 1.54) is 17.8 Å². The molecule has 5 heteroatoms. The highest BCUT2D eigenvalue weighted by atomic mass is 32.2. The predicted molar refractivity (Wildman–Crippen MR) is 69.9 cm³/mol. The lowest BCUT2D eigenvalue weighted by atomic mass is 10.3. The van der Waals surface area contributed by atoms with E-state index in [1.54, 1.807) is 12.1 Å². The second kappa shape index (κ2) is 5.58. The Hall–Kier alpha value is -1.97. The van der Waals surface area contributed by atoms with E-state index in [0.717, 1.165) is 16.3 Å². The molecule has 18 heavy (non-hydrogen) atoms. The fourth-order valence-corrected chi connectivity index (χ4v) is 2.43. The number of carbonyl (C=O) groups excluding carboxylic acids is 1. The summed E-state index contributed by atoms with van der Waals surface area (Å²) in [5.41, 5.74) is 2.46. The summed E-state index contributed by atoms with van der Waals surface area (Å²) < 4.78 is 0. The molecule has 0 unspecified atom stereocenters. The Morgan fingerprint density at radius 1 is 1.17 bits per heavy atom. The molecular weight excluding hydrogens is 246 g/mol. The number of aryl methyl sites for hydroxylation is 2. The summed E-state index contributed by atoms with van der Waals surface area (Å²) in [6.07, 6.45) is 1.53. The third-order valence-electron chi connectivity index (χ3n) is 2.16. The molecule has 0 amide bonds. The van der Waals surface area contributed by atoms with Gasteiger partial charge in [0, 0.05) is 16.3 Å². The van der Waals surface area contributed by atoms with Crippen LogP contribution < -0.4 is 0 Å². The van der Waals surface area contributed by atoms with Crippen LogP contribution in [0.5, 0.6) is 0 Å². The first-order valence-corrected chi connectivity index (χ1v) is 6.17. The molecule has 0 atom stereocenters. The Morgan fingerprint density at radius 3 is 2.56 bits per heavy atom. The summed E-state index contributed by atoms with van der Waals surface area (Å²) in [6, 6.07) is 9.24. The van der Waals surface area contributed by atoms with E-state index < -0.39 is 0 Å². The van der Waals surface area contributed by atoms with Gasteiger partial charge < -0.3 is 0 Å². The van der Waals surface area contributed by atoms with E-state index in [1.807, 2.05) is 32.0 Å². The zero-order chi connectivity index (χ0) is 13.0. The van der Waals surface area contributed by atoms with Crippen LogP contribution in [0.4, 0.5) is 5.69 Å². The number of aliphatic imine (C=N–C) groups is 1. The SMILES string of the molecule is Cc1cc(C)nc(Sc2cccc(N=C=O)c2)n1. The third-order valence-corrected chi connectivity index (χ3v) is 3.02. The summed E-state index contributed by atoms with van der Waals surface area (Å²) in [5.74, 6) is 0. The van der Waals surface area contributed by atoms with E-state index in [2.05, 4.69) is 15.0 Å².